The Labute approximate surface area is 168 Å². The number of para-hydroxylation sites is 1. The van der Waals surface area contributed by atoms with Crippen molar-refractivity contribution in [1.29, 1.82) is 0 Å². The van der Waals surface area contributed by atoms with Crippen molar-refractivity contribution in [2.75, 3.05) is 12.1 Å². The molecule has 1 saturated heterocycles. The molecule has 2 amide bonds. The van der Waals surface area contributed by atoms with Gasteiger partial charge in [0.15, 0.2) is 11.5 Å². The van der Waals surface area contributed by atoms with E-state index in [9.17, 15) is 9.59 Å². The highest BCUT2D eigenvalue weighted by molar-refractivity contribution is 6.33. The first kappa shape index (κ1) is 19.8. The third-order valence-electron chi connectivity index (χ3n) is 4.36. The van der Waals surface area contributed by atoms with Gasteiger partial charge in [0.25, 0.3) is 11.8 Å². The number of benzene rings is 2. The second kappa shape index (κ2) is 8.35. The molecular weight excluding hydrogens is 380 g/mol. The first-order valence-electron chi connectivity index (χ1n) is 8.91. The van der Waals surface area contributed by atoms with Crippen molar-refractivity contribution < 1.29 is 19.1 Å². The molecule has 1 aliphatic rings. The predicted molar refractivity (Wildman–Crippen MR) is 108 cm³/mol. The van der Waals surface area contributed by atoms with Gasteiger partial charge in [0, 0.05) is 0 Å². The van der Waals surface area contributed by atoms with Gasteiger partial charge in [0.2, 0.25) is 0 Å². The van der Waals surface area contributed by atoms with E-state index in [4.69, 9.17) is 21.1 Å². The first-order valence-corrected chi connectivity index (χ1v) is 9.28. The molecule has 1 N–H and O–H groups in total. The zero-order chi connectivity index (χ0) is 20.3. The molecule has 0 saturated carbocycles. The van der Waals surface area contributed by atoms with Crippen molar-refractivity contribution in [1.82, 2.24) is 5.43 Å². The van der Waals surface area contributed by atoms with Gasteiger partial charge in [-0.1, -0.05) is 36.7 Å². The quantitative estimate of drug-likeness (QED) is 0.588. The molecule has 0 bridgehead atoms. The molecule has 0 aromatic heterocycles. The molecular formula is C21H21ClN2O4. The second-order valence-electron chi connectivity index (χ2n) is 6.35. The fourth-order valence-corrected chi connectivity index (χ4v) is 2.97. The SMILES string of the molecule is CC[C@H](C)Oc1c(Cl)cc(/C=C2/C(=O)NN(c3ccccc3)C2=O)cc1OC. The molecule has 1 fully saturated rings. The minimum atomic E-state index is -0.483. The lowest BCUT2D eigenvalue weighted by molar-refractivity contribution is -0.117. The number of rotatable bonds is 6. The zero-order valence-electron chi connectivity index (χ0n) is 15.9. The van der Waals surface area contributed by atoms with E-state index in [-0.39, 0.29) is 11.7 Å². The fraction of sp³-hybridized carbons (Fsp3) is 0.238. The normalized spacial score (nSPS) is 16.3. The van der Waals surface area contributed by atoms with Crippen molar-refractivity contribution in [3.05, 3.63) is 58.6 Å². The summed E-state index contributed by atoms with van der Waals surface area (Å²) in [5.74, 6) is -0.0470. The van der Waals surface area contributed by atoms with Crippen LogP contribution in [0.2, 0.25) is 5.02 Å². The summed E-state index contributed by atoms with van der Waals surface area (Å²) >= 11 is 6.37. The summed E-state index contributed by atoms with van der Waals surface area (Å²) in [5.41, 5.74) is 3.72. The Balaban J connectivity index is 1.93. The maximum absolute atomic E-state index is 12.7. The Kier molecular flexibility index (Phi) is 5.90. The number of ether oxygens (including phenoxy) is 2. The number of amides is 2. The van der Waals surface area contributed by atoms with E-state index in [0.717, 1.165) is 6.42 Å². The summed E-state index contributed by atoms with van der Waals surface area (Å²) in [4.78, 5) is 25.0. The topological polar surface area (TPSA) is 67.9 Å². The number of hydrazine groups is 1. The lowest BCUT2D eigenvalue weighted by atomic mass is 10.1. The van der Waals surface area contributed by atoms with Crippen LogP contribution in [0.3, 0.4) is 0 Å². The largest absolute Gasteiger partial charge is 0.493 e. The highest BCUT2D eigenvalue weighted by Crippen LogP contribution is 2.38. The summed E-state index contributed by atoms with van der Waals surface area (Å²) < 4.78 is 11.2. The number of methoxy groups -OCH3 is 1. The third-order valence-corrected chi connectivity index (χ3v) is 4.64. The molecule has 1 aliphatic heterocycles. The van der Waals surface area contributed by atoms with Gasteiger partial charge in [0.1, 0.15) is 5.57 Å². The first-order chi connectivity index (χ1) is 13.4. The second-order valence-corrected chi connectivity index (χ2v) is 6.75. The summed E-state index contributed by atoms with van der Waals surface area (Å²) in [7, 11) is 1.51. The highest BCUT2D eigenvalue weighted by atomic mass is 35.5. The van der Waals surface area contributed by atoms with E-state index in [1.165, 1.54) is 18.2 Å². The molecule has 0 aliphatic carbocycles. The average molecular weight is 401 g/mol. The number of anilines is 1. The summed E-state index contributed by atoms with van der Waals surface area (Å²) in [5, 5.41) is 1.56. The third kappa shape index (κ3) is 3.97. The van der Waals surface area contributed by atoms with Crippen LogP contribution >= 0.6 is 11.6 Å². The van der Waals surface area contributed by atoms with Crippen molar-refractivity contribution in [3.8, 4) is 11.5 Å². The Bertz CT molecular complexity index is 928. The Hall–Kier alpha value is -2.99. The number of nitrogens with zero attached hydrogens (tertiary/aromatic N) is 1. The molecule has 3 rings (SSSR count). The summed E-state index contributed by atoms with van der Waals surface area (Å²) in [6, 6.07) is 12.2. The number of hydrogen-bond donors (Lipinski definition) is 1. The van der Waals surface area contributed by atoms with E-state index in [1.54, 1.807) is 36.4 Å². The number of nitrogens with one attached hydrogen (secondary N) is 1. The Morgan fingerprint density at radius 1 is 1.21 bits per heavy atom. The molecule has 2 aromatic rings. The van der Waals surface area contributed by atoms with Gasteiger partial charge in [-0.25, -0.2) is 5.01 Å². The molecule has 0 unspecified atom stereocenters. The Morgan fingerprint density at radius 2 is 1.93 bits per heavy atom. The van der Waals surface area contributed by atoms with Crippen LogP contribution in [0.25, 0.3) is 6.08 Å². The van der Waals surface area contributed by atoms with Crippen LogP contribution in [0.15, 0.2) is 48.0 Å². The maximum Gasteiger partial charge on any atom is 0.282 e. The number of carbonyl (C=O) groups excluding carboxylic acids is 2. The fourth-order valence-electron chi connectivity index (χ4n) is 2.70. The maximum atomic E-state index is 12.7. The highest BCUT2D eigenvalue weighted by Gasteiger charge is 2.34. The van der Waals surface area contributed by atoms with Crippen molar-refractivity contribution in [3.63, 3.8) is 0 Å². The monoisotopic (exact) mass is 400 g/mol. The van der Waals surface area contributed by atoms with Gasteiger partial charge in [-0.2, -0.15) is 0 Å². The zero-order valence-corrected chi connectivity index (χ0v) is 16.6. The molecule has 28 heavy (non-hydrogen) atoms. The van der Waals surface area contributed by atoms with Crippen LogP contribution in [0, 0.1) is 0 Å². The van der Waals surface area contributed by atoms with E-state index in [1.807, 2.05) is 19.9 Å². The Morgan fingerprint density at radius 3 is 2.57 bits per heavy atom. The van der Waals surface area contributed by atoms with Crippen LogP contribution < -0.4 is 19.9 Å². The van der Waals surface area contributed by atoms with E-state index in [2.05, 4.69) is 5.43 Å². The van der Waals surface area contributed by atoms with Gasteiger partial charge in [-0.15, -0.1) is 0 Å². The smallest absolute Gasteiger partial charge is 0.282 e. The predicted octanol–water partition coefficient (Wildman–Crippen LogP) is 3.99. The molecule has 7 heteroatoms. The van der Waals surface area contributed by atoms with Crippen LogP contribution in [0.4, 0.5) is 5.69 Å². The van der Waals surface area contributed by atoms with Crippen molar-refractivity contribution in [2.45, 2.75) is 26.4 Å². The van der Waals surface area contributed by atoms with Crippen molar-refractivity contribution in [2.24, 2.45) is 0 Å². The number of carbonyl (C=O) groups is 2. The van der Waals surface area contributed by atoms with E-state index < -0.39 is 11.8 Å². The van der Waals surface area contributed by atoms with Crippen LogP contribution in [-0.2, 0) is 9.59 Å². The lowest BCUT2D eigenvalue weighted by Gasteiger charge is -2.17. The average Bonchev–Trinajstić information content (AvgIpc) is 2.98. The van der Waals surface area contributed by atoms with Crippen LogP contribution in [-0.4, -0.2) is 25.0 Å². The standard InChI is InChI=1S/C21H21ClN2O4/c1-4-13(2)28-19-17(22)11-14(12-18(19)27-3)10-16-20(25)23-24(21(16)26)15-8-6-5-7-9-15/h5-13H,4H2,1-3H3,(H,23,25)/b16-10-/t13-/m0/s1. The molecule has 6 nitrogen and oxygen atoms in total. The van der Waals surface area contributed by atoms with E-state index in [0.29, 0.717) is 27.8 Å². The van der Waals surface area contributed by atoms with Gasteiger partial charge < -0.3 is 9.47 Å². The summed E-state index contributed by atoms with van der Waals surface area (Å²) in [6.45, 7) is 3.94. The molecule has 1 heterocycles. The van der Waals surface area contributed by atoms with Crippen molar-refractivity contribution >= 4 is 35.2 Å². The van der Waals surface area contributed by atoms with Crippen LogP contribution in [0.5, 0.6) is 11.5 Å². The molecule has 0 spiro atoms. The van der Waals surface area contributed by atoms with Gasteiger partial charge in [-0.3, -0.25) is 15.0 Å². The molecule has 0 radical (unpaired) electrons. The summed E-state index contributed by atoms with van der Waals surface area (Å²) in [6.07, 6.45) is 2.27. The van der Waals surface area contributed by atoms with Gasteiger partial charge in [0.05, 0.1) is 23.9 Å². The molecule has 146 valence electrons. The number of hydrogen-bond acceptors (Lipinski definition) is 4. The van der Waals surface area contributed by atoms with Gasteiger partial charge >= 0.3 is 0 Å². The van der Waals surface area contributed by atoms with Crippen LogP contribution in [0.1, 0.15) is 25.8 Å². The van der Waals surface area contributed by atoms with E-state index >= 15 is 0 Å². The number of halogens is 1. The molecule has 2 aromatic carbocycles. The lowest BCUT2D eigenvalue weighted by Crippen LogP contribution is -2.35. The van der Waals surface area contributed by atoms with Gasteiger partial charge in [-0.05, 0) is 49.2 Å². The minimum absolute atomic E-state index is 0.0116. The minimum Gasteiger partial charge on any atom is -0.493 e. The molecule has 1 atom stereocenters.